The third-order valence-electron chi connectivity index (χ3n) is 5.03. The molecule has 160 valence electrons. The van der Waals surface area contributed by atoms with Gasteiger partial charge in [-0.05, 0) is 52.6 Å². The summed E-state index contributed by atoms with van der Waals surface area (Å²) in [6.45, 7) is 11.1. The van der Waals surface area contributed by atoms with Gasteiger partial charge in [0.15, 0.2) is 5.96 Å². The van der Waals surface area contributed by atoms with E-state index < -0.39 is 0 Å². The number of nitrogens with one attached hydrogen (secondary N) is 2. The molecule has 2 unspecified atom stereocenters. The van der Waals surface area contributed by atoms with Gasteiger partial charge >= 0.3 is 0 Å². The van der Waals surface area contributed by atoms with E-state index in [1.807, 2.05) is 0 Å². The van der Waals surface area contributed by atoms with Gasteiger partial charge in [0, 0.05) is 25.7 Å². The Kier molecular flexibility index (Phi) is 16.0. The lowest BCUT2D eigenvalue weighted by atomic mass is 9.97. The molecule has 7 heteroatoms. The highest BCUT2D eigenvalue weighted by Crippen LogP contribution is 2.15. The molecule has 1 aliphatic heterocycles. The minimum absolute atomic E-state index is 0. The van der Waals surface area contributed by atoms with Crippen LogP contribution < -0.4 is 16.4 Å². The monoisotopic (exact) mass is 495 g/mol. The molecule has 1 heterocycles. The van der Waals surface area contributed by atoms with E-state index in [2.05, 4.69) is 36.3 Å². The topological polar surface area (TPSA) is 82.8 Å². The highest BCUT2D eigenvalue weighted by atomic mass is 127. The SMILES string of the molecule is CCCCCCC(C)NC(=NCCCN1CCCC(C(N)=O)C1)NCC.I. The molecule has 1 aliphatic rings. The average Bonchev–Trinajstić information content (AvgIpc) is 2.62. The van der Waals surface area contributed by atoms with Crippen LogP contribution in [0.5, 0.6) is 0 Å². The molecule has 6 nitrogen and oxygen atoms in total. The Morgan fingerprint density at radius 3 is 2.70 bits per heavy atom. The molecule has 0 aliphatic carbocycles. The molecule has 1 saturated heterocycles. The third kappa shape index (κ3) is 12.5. The fourth-order valence-corrected chi connectivity index (χ4v) is 3.48. The van der Waals surface area contributed by atoms with Gasteiger partial charge in [0.2, 0.25) is 5.91 Å². The molecule has 0 spiro atoms. The van der Waals surface area contributed by atoms with Gasteiger partial charge in [-0.2, -0.15) is 0 Å². The van der Waals surface area contributed by atoms with Gasteiger partial charge in [0.05, 0.1) is 5.92 Å². The van der Waals surface area contributed by atoms with Gasteiger partial charge in [-0.1, -0.05) is 32.6 Å². The van der Waals surface area contributed by atoms with E-state index in [1.54, 1.807) is 0 Å². The van der Waals surface area contributed by atoms with E-state index in [1.165, 1.54) is 32.1 Å². The number of hydrogen-bond donors (Lipinski definition) is 3. The Labute approximate surface area is 183 Å². The van der Waals surface area contributed by atoms with Crippen molar-refractivity contribution in [2.24, 2.45) is 16.6 Å². The van der Waals surface area contributed by atoms with Crippen molar-refractivity contribution in [2.45, 2.75) is 78.2 Å². The number of piperidine rings is 1. The molecule has 1 fully saturated rings. The fourth-order valence-electron chi connectivity index (χ4n) is 3.48. The minimum Gasteiger partial charge on any atom is -0.369 e. The molecule has 0 aromatic carbocycles. The summed E-state index contributed by atoms with van der Waals surface area (Å²) in [5.74, 6) is 0.795. The Bertz CT molecular complexity index is 419. The Balaban J connectivity index is 0.00000676. The van der Waals surface area contributed by atoms with E-state index in [0.29, 0.717) is 6.04 Å². The molecule has 1 amide bonds. The number of unbranched alkanes of at least 4 members (excludes halogenated alkanes) is 3. The minimum atomic E-state index is -0.153. The van der Waals surface area contributed by atoms with Crippen molar-refractivity contribution < 1.29 is 4.79 Å². The van der Waals surface area contributed by atoms with Crippen LogP contribution in [0.15, 0.2) is 4.99 Å². The first-order chi connectivity index (χ1) is 12.6. The lowest BCUT2D eigenvalue weighted by molar-refractivity contribution is -0.123. The van der Waals surface area contributed by atoms with Crippen LogP contribution in [0.2, 0.25) is 0 Å². The molecular formula is C20H42IN5O. The second kappa shape index (κ2) is 16.4. The van der Waals surface area contributed by atoms with Gasteiger partial charge in [-0.3, -0.25) is 9.79 Å². The molecule has 2 atom stereocenters. The first kappa shape index (κ1) is 26.4. The number of primary amides is 1. The number of nitrogens with zero attached hydrogens (tertiary/aromatic N) is 2. The number of amides is 1. The van der Waals surface area contributed by atoms with E-state index in [-0.39, 0.29) is 35.8 Å². The van der Waals surface area contributed by atoms with Gasteiger partial charge in [-0.15, -0.1) is 24.0 Å². The van der Waals surface area contributed by atoms with Crippen LogP contribution in [0.3, 0.4) is 0 Å². The van der Waals surface area contributed by atoms with Crippen LogP contribution in [0.4, 0.5) is 0 Å². The van der Waals surface area contributed by atoms with Gasteiger partial charge < -0.3 is 21.3 Å². The summed E-state index contributed by atoms with van der Waals surface area (Å²) < 4.78 is 0. The summed E-state index contributed by atoms with van der Waals surface area (Å²) in [5, 5.41) is 6.86. The van der Waals surface area contributed by atoms with Crippen molar-refractivity contribution in [3.8, 4) is 0 Å². The zero-order chi connectivity index (χ0) is 19.2. The van der Waals surface area contributed by atoms with E-state index in [0.717, 1.165) is 57.9 Å². The Morgan fingerprint density at radius 1 is 1.26 bits per heavy atom. The summed E-state index contributed by atoms with van der Waals surface area (Å²) in [7, 11) is 0. The summed E-state index contributed by atoms with van der Waals surface area (Å²) in [4.78, 5) is 18.4. The predicted octanol–water partition coefficient (Wildman–Crippen LogP) is 3.11. The summed E-state index contributed by atoms with van der Waals surface area (Å²) in [5.41, 5.74) is 5.45. The van der Waals surface area contributed by atoms with E-state index in [4.69, 9.17) is 10.7 Å². The smallest absolute Gasteiger partial charge is 0.221 e. The highest BCUT2D eigenvalue weighted by Gasteiger charge is 2.23. The zero-order valence-electron chi connectivity index (χ0n) is 17.6. The standard InChI is InChI=1S/C20H41N5O.HI/c1-4-6-7-8-11-17(3)24-20(22-5-2)23-13-10-15-25-14-9-12-18(16-25)19(21)26;/h17-18H,4-16H2,1-3H3,(H2,21,26)(H2,22,23,24);1H. The van der Waals surface area contributed by atoms with Gasteiger partial charge in [0.25, 0.3) is 0 Å². The molecule has 0 saturated carbocycles. The van der Waals surface area contributed by atoms with E-state index >= 15 is 0 Å². The maximum atomic E-state index is 11.4. The number of guanidine groups is 1. The molecule has 4 N–H and O–H groups in total. The number of likely N-dealkylation sites (tertiary alicyclic amines) is 1. The number of carbonyl (C=O) groups is 1. The molecule has 0 aromatic heterocycles. The van der Waals surface area contributed by atoms with Crippen molar-refractivity contribution in [2.75, 3.05) is 32.7 Å². The largest absolute Gasteiger partial charge is 0.369 e. The van der Waals surface area contributed by atoms with Gasteiger partial charge in [-0.25, -0.2) is 0 Å². The number of rotatable bonds is 12. The van der Waals surface area contributed by atoms with Crippen molar-refractivity contribution >= 4 is 35.8 Å². The Hall–Kier alpha value is -0.570. The predicted molar refractivity (Wildman–Crippen MR) is 126 cm³/mol. The fraction of sp³-hybridized carbons (Fsp3) is 0.900. The van der Waals surface area contributed by atoms with Crippen molar-refractivity contribution in [3.63, 3.8) is 0 Å². The van der Waals surface area contributed by atoms with E-state index in [9.17, 15) is 4.79 Å². The van der Waals surface area contributed by atoms with Crippen LogP contribution >= 0.6 is 24.0 Å². The van der Waals surface area contributed by atoms with Crippen LogP contribution in [0.1, 0.15) is 72.1 Å². The van der Waals surface area contributed by atoms with Crippen LogP contribution in [-0.2, 0) is 4.79 Å². The quantitative estimate of drug-likeness (QED) is 0.168. The number of halogens is 1. The summed E-state index contributed by atoms with van der Waals surface area (Å²) >= 11 is 0. The van der Waals surface area contributed by atoms with Crippen LogP contribution in [0.25, 0.3) is 0 Å². The molecule has 1 rings (SSSR count). The second-order valence-corrected chi connectivity index (χ2v) is 7.55. The first-order valence-electron chi connectivity index (χ1n) is 10.6. The van der Waals surface area contributed by atoms with Crippen molar-refractivity contribution in [1.82, 2.24) is 15.5 Å². The van der Waals surface area contributed by atoms with Gasteiger partial charge in [0.1, 0.15) is 0 Å². The number of aliphatic imine (C=N–C) groups is 1. The van der Waals surface area contributed by atoms with Crippen LogP contribution in [0, 0.1) is 5.92 Å². The second-order valence-electron chi connectivity index (χ2n) is 7.55. The zero-order valence-corrected chi connectivity index (χ0v) is 20.0. The molecule has 0 aromatic rings. The Morgan fingerprint density at radius 2 is 2.04 bits per heavy atom. The molecular weight excluding hydrogens is 453 g/mol. The summed E-state index contributed by atoms with van der Waals surface area (Å²) in [6, 6.07) is 0.447. The van der Waals surface area contributed by atoms with Crippen molar-refractivity contribution in [1.29, 1.82) is 0 Å². The number of nitrogens with two attached hydrogens (primary N) is 1. The molecule has 0 bridgehead atoms. The third-order valence-corrected chi connectivity index (χ3v) is 5.03. The normalized spacial score (nSPS) is 19.2. The van der Waals surface area contributed by atoms with Crippen LogP contribution in [-0.4, -0.2) is 55.5 Å². The average molecular weight is 495 g/mol. The number of carbonyl (C=O) groups excluding carboxylic acids is 1. The lowest BCUT2D eigenvalue weighted by Crippen LogP contribution is -2.43. The maximum Gasteiger partial charge on any atom is 0.221 e. The van der Waals surface area contributed by atoms with Crippen molar-refractivity contribution in [3.05, 3.63) is 0 Å². The molecule has 0 radical (unpaired) electrons. The highest BCUT2D eigenvalue weighted by molar-refractivity contribution is 14.0. The first-order valence-corrected chi connectivity index (χ1v) is 10.6. The summed E-state index contributed by atoms with van der Waals surface area (Å²) in [6.07, 6.45) is 9.40. The number of hydrogen-bond acceptors (Lipinski definition) is 3. The molecule has 27 heavy (non-hydrogen) atoms. The lowest BCUT2D eigenvalue weighted by Gasteiger charge is -2.30. The maximum absolute atomic E-state index is 11.4.